The van der Waals surface area contributed by atoms with Crippen LogP contribution in [0.3, 0.4) is 0 Å². The minimum absolute atomic E-state index is 0.391. The molecule has 1 aliphatic heterocycles. The lowest BCUT2D eigenvalue weighted by Crippen LogP contribution is -2.46. The number of hydrogen-bond acceptors (Lipinski definition) is 3. The summed E-state index contributed by atoms with van der Waals surface area (Å²) in [4.78, 5) is 5.12. The fraction of sp³-hybridized carbons (Fsp3) is 0.647. The summed E-state index contributed by atoms with van der Waals surface area (Å²) in [6.07, 6.45) is 3.51. The zero-order chi connectivity index (χ0) is 14.2. The Bertz CT molecular complexity index is 358. The quantitative estimate of drug-likeness (QED) is 0.829. The van der Waals surface area contributed by atoms with Crippen molar-refractivity contribution in [3.63, 3.8) is 0 Å². The summed E-state index contributed by atoms with van der Waals surface area (Å²) >= 11 is 0. The van der Waals surface area contributed by atoms with Gasteiger partial charge >= 0.3 is 0 Å². The van der Waals surface area contributed by atoms with E-state index in [1.807, 2.05) is 0 Å². The molecule has 1 aromatic carbocycles. The predicted octanol–water partition coefficient (Wildman–Crippen LogP) is 2.32. The molecule has 0 amide bonds. The van der Waals surface area contributed by atoms with Gasteiger partial charge in [-0.1, -0.05) is 43.7 Å². The van der Waals surface area contributed by atoms with Gasteiger partial charge in [-0.15, -0.1) is 0 Å². The summed E-state index contributed by atoms with van der Waals surface area (Å²) in [5.74, 6) is 0. The first-order chi connectivity index (χ1) is 9.78. The van der Waals surface area contributed by atoms with E-state index in [0.29, 0.717) is 6.04 Å². The Labute approximate surface area is 123 Å². The maximum atomic E-state index is 6.09. The van der Waals surface area contributed by atoms with Gasteiger partial charge in [0.25, 0.3) is 0 Å². The van der Waals surface area contributed by atoms with E-state index in [2.05, 4.69) is 47.1 Å². The third kappa shape index (κ3) is 5.23. The van der Waals surface area contributed by atoms with Gasteiger partial charge in [-0.25, -0.2) is 0 Å². The zero-order valence-electron chi connectivity index (χ0n) is 12.8. The Morgan fingerprint density at radius 1 is 1.00 bits per heavy atom. The molecule has 3 heteroatoms. The molecule has 0 saturated carbocycles. The van der Waals surface area contributed by atoms with Gasteiger partial charge in [-0.2, -0.15) is 0 Å². The molecule has 0 aliphatic carbocycles. The minimum atomic E-state index is 0.391. The molecule has 1 fully saturated rings. The first kappa shape index (κ1) is 15.5. The summed E-state index contributed by atoms with van der Waals surface area (Å²) in [7, 11) is 0. The van der Waals surface area contributed by atoms with Crippen molar-refractivity contribution in [3.05, 3.63) is 35.9 Å². The molecular formula is C17H29N3. The molecule has 0 bridgehead atoms. The van der Waals surface area contributed by atoms with Crippen molar-refractivity contribution < 1.29 is 0 Å². The second kappa shape index (κ2) is 8.40. The van der Waals surface area contributed by atoms with E-state index in [4.69, 9.17) is 5.73 Å². The van der Waals surface area contributed by atoms with Crippen molar-refractivity contribution in [1.29, 1.82) is 0 Å². The fourth-order valence-electron chi connectivity index (χ4n) is 2.88. The molecule has 1 atom stereocenters. The molecule has 112 valence electrons. The number of piperazine rings is 1. The molecule has 1 aromatic rings. The highest BCUT2D eigenvalue weighted by atomic mass is 15.3. The Hall–Kier alpha value is -0.900. The maximum Gasteiger partial charge on any atom is 0.0234 e. The van der Waals surface area contributed by atoms with Gasteiger partial charge in [0.2, 0.25) is 0 Å². The Morgan fingerprint density at radius 2 is 1.65 bits per heavy atom. The molecule has 1 unspecified atom stereocenters. The second-order valence-corrected chi connectivity index (χ2v) is 5.94. The lowest BCUT2D eigenvalue weighted by Gasteiger charge is -2.35. The van der Waals surface area contributed by atoms with E-state index in [0.717, 1.165) is 19.4 Å². The topological polar surface area (TPSA) is 32.5 Å². The van der Waals surface area contributed by atoms with Crippen LogP contribution in [0.25, 0.3) is 0 Å². The fourth-order valence-corrected chi connectivity index (χ4v) is 2.88. The number of rotatable bonds is 7. The van der Waals surface area contributed by atoms with Crippen molar-refractivity contribution in [2.45, 2.75) is 38.8 Å². The molecule has 1 heterocycles. The molecule has 2 rings (SSSR count). The molecule has 2 N–H and O–H groups in total. The minimum Gasteiger partial charge on any atom is -0.328 e. The monoisotopic (exact) mass is 275 g/mol. The Balaban J connectivity index is 1.65. The molecule has 1 saturated heterocycles. The van der Waals surface area contributed by atoms with Crippen molar-refractivity contribution in [3.8, 4) is 0 Å². The molecule has 0 spiro atoms. The van der Waals surface area contributed by atoms with Crippen LogP contribution in [0.15, 0.2) is 30.3 Å². The normalized spacial score (nSPS) is 19.1. The summed E-state index contributed by atoms with van der Waals surface area (Å²) in [5, 5.41) is 0. The largest absolute Gasteiger partial charge is 0.328 e. The van der Waals surface area contributed by atoms with Crippen LogP contribution >= 0.6 is 0 Å². The molecule has 3 nitrogen and oxygen atoms in total. The highest BCUT2D eigenvalue weighted by Gasteiger charge is 2.17. The van der Waals surface area contributed by atoms with E-state index in [1.165, 1.54) is 44.7 Å². The zero-order valence-corrected chi connectivity index (χ0v) is 12.8. The van der Waals surface area contributed by atoms with Crippen LogP contribution in [-0.2, 0) is 6.54 Å². The number of nitrogens with zero attached hydrogens (tertiary/aromatic N) is 2. The van der Waals surface area contributed by atoms with E-state index in [9.17, 15) is 0 Å². The van der Waals surface area contributed by atoms with Crippen LogP contribution < -0.4 is 5.73 Å². The molecule has 1 aliphatic rings. The number of benzene rings is 1. The van der Waals surface area contributed by atoms with Gasteiger partial charge < -0.3 is 10.6 Å². The lowest BCUT2D eigenvalue weighted by atomic mass is 10.1. The Kier molecular flexibility index (Phi) is 6.51. The van der Waals surface area contributed by atoms with Crippen LogP contribution in [0, 0.1) is 0 Å². The number of nitrogens with two attached hydrogens (primary N) is 1. The van der Waals surface area contributed by atoms with Crippen molar-refractivity contribution in [2.75, 3.05) is 32.7 Å². The summed E-state index contributed by atoms with van der Waals surface area (Å²) in [6.45, 7) is 9.19. The van der Waals surface area contributed by atoms with Gasteiger partial charge in [0, 0.05) is 38.8 Å². The van der Waals surface area contributed by atoms with Gasteiger partial charge in [0.1, 0.15) is 0 Å². The van der Waals surface area contributed by atoms with Crippen molar-refractivity contribution in [1.82, 2.24) is 9.80 Å². The smallest absolute Gasteiger partial charge is 0.0234 e. The predicted molar refractivity (Wildman–Crippen MR) is 85.7 cm³/mol. The van der Waals surface area contributed by atoms with Gasteiger partial charge in [0.15, 0.2) is 0 Å². The lowest BCUT2D eigenvalue weighted by molar-refractivity contribution is 0.124. The van der Waals surface area contributed by atoms with Crippen LogP contribution in [0.5, 0.6) is 0 Å². The summed E-state index contributed by atoms with van der Waals surface area (Å²) in [5.41, 5.74) is 7.52. The van der Waals surface area contributed by atoms with Crippen LogP contribution in [0.2, 0.25) is 0 Å². The summed E-state index contributed by atoms with van der Waals surface area (Å²) in [6, 6.07) is 11.2. The van der Waals surface area contributed by atoms with Crippen LogP contribution in [0.4, 0.5) is 0 Å². The standard InChI is InChI=1S/C17H29N3/c1-2-6-17(18)9-10-19-11-13-20(14-12-19)15-16-7-4-3-5-8-16/h3-5,7-8,17H,2,6,9-15,18H2,1H3. The molecule has 20 heavy (non-hydrogen) atoms. The van der Waals surface area contributed by atoms with E-state index >= 15 is 0 Å². The van der Waals surface area contributed by atoms with Crippen molar-refractivity contribution in [2.24, 2.45) is 5.73 Å². The summed E-state index contributed by atoms with van der Waals surface area (Å²) < 4.78 is 0. The first-order valence-electron chi connectivity index (χ1n) is 8.02. The molecular weight excluding hydrogens is 246 g/mol. The third-order valence-electron chi connectivity index (χ3n) is 4.19. The maximum absolute atomic E-state index is 6.09. The number of hydrogen-bond donors (Lipinski definition) is 1. The Morgan fingerprint density at radius 3 is 2.30 bits per heavy atom. The third-order valence-corrected chi connectivity index (χ3v) is 4.19. The average molecular weight is 275 g/mol. The molecule has 0 aromatic heterocycles. The molecule has 0 radical (unpaired) electrons. The second-order valence-electron chi connectivity index (χ2n) is 5.94. The van der Waals surface area contributed by atoms with Gasteiger partial charge in [-0.05, 0) is 24.9 Å². The van der Waals surface area contributed by atoms with Gasteiger partial charge in [0.05, 0.1) is 0 Å². The highest BCUT2D eigenvalue weighted by molar-refractivity contribution is 5.14. The van der Waals surface area contributed by atoms with E-state index in [1.54, 1.807) is 0 Å². The SMILES string of the molecule is CCCC(N)CCN1CCN(Cc2ccccc2)CC1. The van der Waals surface area contributed by atoms with Crippen molar-refractivity contribution >= 4 is 0 Å². The van der Waals surface area contributed by atoms with E-state index < -0.39 is 0 Å². The van der Waals surface area contributed by atoms with Crippen LogP contribution in [0.1, 0.15) is 31.7 Å². The average Bonchev–Trinajstić information content (AvgIpc) is 2.48. The first-order valence-corrected chi connectivity index (χ1v) is 8.02. The highest BCUT2D eigenvalue weighted by Crippen LogP contribution is 2.09. The van der Waals surface area contributed by atoms with E-state index in [-0.39, 0.29) is 0 Å². The van der Waals surface area contributed by atoms with Gasteiger partial charge in [-0.3, -0.25) is 4.90 Å². The van der Waals surface area contributed by atoms with Crippen LogP contribution in [-0.4, -0.2) is 48.6 Å².